The van der Waals surface area contributed by atoms with Crippen LogP contribution in [0, 0.1) is 0 Å². The maximum atomic E-state index is 13.6. The van der Waals surface area contributed by atoms with Gasteiger partial charge in [0, 0.05) is 5.02 Å². The third-order valence-corrected chi connectivity index (χ3v) is 5.79. The van der Waals surface area contributed by atoms with Crippen LogP contribution in [0.1, 0.15) is 61.8 Å². The summed E-state index contributed by atoms with van der Waals surface area (Å²) in [6.07, 6.45) is 1.76. The number of carbonyl (C=O) groups is 1. The van der Waals surface area contributed by atoms with Crippen molar-refractivity contribution in [3.63, 3.8) is 0 Å². The number of amides is 1. The van der Waals surface area contributed by atoms with Crippen molar-refractivity contribution in [1.29, 1.82) is 0 Å². The largest absolute Gasteiger partial charge is 0.332 e. The number of quaternary nitrogens is 1. The zero-order valence-corrected chi connectivity index (χ0v) is 18.2. The fourth-order valence-electron chi connectivity index (χ4n) is 4.00. The molecule has 1 N–H and O–H groups in total. The zero-order valence-electron chi connectivity index (χ0n) is 17.5. The number of hydrogen-bond acceptors (Lipinski definition) is 2. The number of rotatable bonds is 6. The molecule has 1 saturated heterocycles. The Bertz CT molecular complexity index is 822. The normalized spacial score (nSPS) is 15.4. The molecule has 1 aromatic heterocycles. The van der Waals surface area contributed by atoms with Crippen LogP contribution in [0.15, 0.2) is 24.3 Å². The second-order valence-electron chi connectivity index (χ2n) is 7.90. The molecule has 6 heteroatoms. The van der Waals surface area contributed by atoms with Gasteiger partial charge in [-0.15, -0.1) is 0 Å². The average Bonchev–Trinajstić information content (AvgIpc) is 3.07. The fraction of sp³-hybridized carbons (Fsp3) is 0.545. The summed E-state index contributed by atoms with van der Waals surface area (Å²) in [5.41, 5.74) is 3.60. The first-order valence-electron chi connectivity index (χ1n) is 10.5. The monoisotopic (exact) mass is 403 g/mol. The molecule has 1 aliphatic heterocycles. The van der Waals surface area contributed by atoms with E-state index in [4.69, 9.17) is 16.7 Å². The lowest BCUT2D eigenvalue weighted by molar-refractivity contribution is -0.902. The second kappa shape index (κ2) is 9.10. The number of aryl methyl sites for hydroxylation is 1. The number of carbonyl (C=O) groups excluding carboxylic acids is 1. The van der Waals surface area contributed by atoms with Crippen LogP contribution in [0.3, 0.4) is 0 Å². The predicted molar refractivity (Wildman–Crippen MR) is 114 cm³/mol. The number of nitrogens with one attached hydrogen (secondary N) is 1. The third kappa shape index (κ3) is 4.26. The Morgan fingerprint density at radius 1 is 1.25 bits per heavy atom. The zero-order chi connectivity index (χ0) is 20.3. The van der Waals surface area contributed by atoms with Gasteiger partial charge in [-0.1, -0.05) is 44.9 Å². The highest BCUT2D eigenvalue weighted by atomic mass is 35.5. The van der Waals surface area contributed by atoms with E-state index in [0.717, 1.165) is 68.2 Å². The first-order chi connectivity index (χ1) is 13.5. The predicted octanol–water partition coefficient (Wildman–Crippen LogP) is 2.96. The van der Waals surface area contributed by atoms with Crippen molar-refractivity contribution >= 4 is 17.5 Å². The molecule has 0 bridgehead atoms. The van der Waals surface area contributed by atoms with E-state index in [-0.39, 0.29) is 11.8 Å². The van der Waals surface area contributed by atoms with Gasteiger partial charge in [-0.05, 0) is 37.5 Å². The minimum absolute atomic E-state index is 0.135. The molecule has 1 fully saturated rings. The highest BCUT2D eigenvalue weighted by Gasteiger charge is 2.31. The highest BCUT2D eigenvalue weighted by Crippen LogP contribution is 2.29. The molecule has 0 spiro atoms. The molecule has 152 valence electrons. The minimum atomic E-state index is 0.135. The van der Waals surface area contributed by atoms with Gasteiger partial charge < -0.3 is 9.80 Å². The molecule has 0 aliphatic carbocycles. The maximum Gasteiger partial charge on any atom is 0.258 e. The summed E-state index contributed by atoms with van der Waals surface area (Å²) in [5.74, 6) is 0.314. The molecule has 28 heavy (non-hydrogen) atoms. The van der Waals surface area contributed by atoms with Crippen molar-refractivity contribution in [3.05, 3.63) is 46.2 Å². The second-order valence-corrected chi connectivity index (χ2v) is 8.34. The van der Waals surface area contributed by atoms with Crippen LogP contribution in [-0.2, 0) is 6.42 Å². The number of nitrogens with zero attached hydrogens (tertiary/aromatic N) is 3. The molecular weight excluding hydrogens is 372 g/mol. The smallest absolute Gasteiger partial charge is 0.258 e. The van der Waals surface area contributed by atoms with Gasteiger partial charge in [-0.25, -0.2) is 4.68 Å². The van der Waals surface area contributed by atoms with Crippen molar-refractivity contribution in [2.75, 3.05) is 32.7 Å². The van der Waals surface area contributed by atoms with E-state index in [1.54, 1.807) is 4.90 Å². The van der Waals surface area contributed by atoms with Crippen LogP contribution in [0.5, 0.6) is 0 Å². The number of piperazine rings is 1. The van der Waals surface area contributed by atoms with Crippen molar-refractivity contribution in [2.45, 2.75) is 46.5 Å². The number of hydrogen-bond donors (Lipinski definition) is 1. The molecular formula is C22H32ClN4O+. The Hall–Kier alpha value is -1.85. The van der Waals surface area contributed by atoms with E-state index in [2.05, 4.69) is 27.7 Å². The van der Waals surface area contributed by atoms with Gasteiger partial charge in [0.05, 0.1) is 55.4 Å². The van der Waals surface area contributed by atoms with Gasteiger partial charge in [0.2, 0.25) is 0 Å². The Kier molecular flexibility index (Phi) is 6.78. The van der Waals surface area contributed by atoms with Crippen LogP contribution in [0.25, 0.3) is 5.69 Å². The number of likely N-dealkylation sites (N-methyl/N-ethyl adjacent to an activating group) is 1. The van der Waals surface area contributed by atoms with Crippen LogP contribution < -0.4 is 4.90 Å². The SMILES string of the molecule is CCCc1nn(-c2cccc(Cl)c2)c(C(C)C)c1C(=O)N1CC[NH+](CC)CC1. The lowest BCUT2D eigenvalue weighted by Crippen LogP contribution is -3.14. The molecule has 1 aliphatic rings. The lowest BCUT2D eigenvalue weighted by atomic mass is 10.00. The molecule has 2 heterocycles. The first-order valence-corrected chi connectivity index (χ1v) is 10.8. The van der Waals surface area contributed by atoms with Crippen molar-refractivity contribution in [1.82, 2.24) is 14.7 Å². The summed E-state index contributed by atoms with van der Waals surface area (Å²) in [5, 5.41) is 5.56. The average molecular weight is 404 g/mol. The Morgan fingerprint density at radius 2 is 1.96 bits per heavy atom. The summed E-state index contributed by atoms with van der Waals surface area (Å²) >= 11 is 6.23. The summed E-state index contributed by atoms with van der Waals surface area (Å²) in [7, 11) is 0. The molecule has 0 unspecified atom stereocenters. The van der Waals surface area contributed by atoms with Gasteiger partial charge in [0.1, 0.15) is 0 Å². The van der Waals surface area contributed by atoms with E-state index in [1.165, 1.54) is 0 Å². The lowest BCUT2D eigenvalue weighted by Gasteiger charge is -2.32. The Morgan fingerprint density at radius 3 is 2.54 bits per heavy atom. The van der Waals surface area contributed by atoms with E-state index in [1.807, 2.05) is 33.8 Å². The number of aromatic nitrogens is 2. The molecule has 1 amide bonds. The van der Waals surface area contributed by atoms with Gasteiger partial charge in [0.25, 0.3) is 5.91 Å². The van der Waals surface area contributed by atoms with Gasteiger partial charge in [0.15, 0.2) is 0 Å². The Balaban J connectivity index is 2.05. The Labute approximate surface area is 173 Å². The number of halogens is 1. The molecule has 0 atom stereocenters. The number of benzene rings is 1. The quantitative estimate of drug-likeness (QED) is 0.805. The fourth-order valence-corrected chi connectivity index (χ4v) is 4.18. The molecule has 0 saturated carbocycles. The summed E-state index contributed by atoms with van der Waals surface area (Å²) in [6.45, 7) is 13.4. The third-order valence-electron chi connectivity index (χ3n) is 5.55. The van der Waals surface area contributed by atoms with Crippen LogP contribution in [0.2, 0.25) is 5.02 Å². The van der Waals surface area contributed by atoms with Crippen molar-refractivity contribution < 1.29 is 9.69 Å². The standard InChI is InChI=1S/C22H31ClN4O/c1-5-8-19-20(22(28)26-13-11-25(6-2)12-14-26)21(16(3)4)27(24-19)18-10-7-9-17(23)15-18/h7,9-10,15-16H,5-6,8,11-14H2,1-4H3/p+1. The molecule has 1 aromatic carbocycles. The van der Waals surface area contributed by atoms with Gasteiger partial charge >= 0.3 is 0 Å². The first kappa shape index (κ1) is 20.9. The summed E-state index contributed by atoms with van der Waals surface area (Å²) < 4.78 is 1.93. The van der Waals surface area contributed by atoms with E-state index in [9.17, 15) is 4.79 Å². The maximum absolute atomic E-state index is 13.6. The van der Waals surface area contributed by atoms with Crippen LogP contribution >= 0.6 is 11.6 Å². The molecule has 5 nitrogen and oxygen atoms in total. The van der Waals surface area contributed by atoms with Gasteiger partial charge in [-0.3, -0.25) is 4.79 Å². The van der Waals surface area contributed by atoms with Gasteiger partial charge in [-0.2, -0.15) is 5.10 Å². The van der Waals surface area contributed by atoms with Crippen molar-refractivity contribution in [3.8, 4) is 5.69 Å². The summed E-state index contributed by atoms with van der Waals surface area (Å²) in [4.78, 5) is 17.1. The van der Waals surface area contributed by atoms with E-state index < -0.39 is 0 Å². The highest BCUT2D eigenvalue weighted by molar-refractivity contribution is 6.30. The summed E-state index contributed by atoms with van der Waals surface area (Å²) in [6, 6.07) is 7.70. The minimum Gasteiger partial charge on any atom is -0.332 e. The molecule has 0 radical (unpaired) electrons. The van der Waals surface area contributed by atoms with Crippen molar-refractivity contribution in [2.24, 2.45) is 0 Å². The van der Waals surface area contributed by atoms with E-state index in [0.29, 0.717) is 5.02 Å². The van der Waals surface area contributed by atoms with Crippen LogP contribution in [-0.4, -0.2) is 53.3 Å². The molecule has 3 rings (SSSR count). The topological polar surface area (TPSA) is 42.6 Å². The van der Waals surface area contributed by atoms with E-state index >= 15 is 0 Å². The molecule has 2 aromatic rings. The van der Waals surface area contributed by atoms with Crippen LogP contribution in [0.4, 0.5) is 0 Å².